The first-order valence-corrected chi connectivity index (χ1v) is 12.6. The van der Waals surface area contributed by atoms with Crippen molar-refractivity contribution in [2.45, 2.75) is 24.8 Å². The molecule has 1 unspecified atom stereocenters. The number of hydrogen-bond donors (Lipinski definition) is 1. The first-order chi connectivity index (χ1) is 18.0. The topological polar surface area (TPSA) is 92.2 Å². The first kappa shape index (κ1) is 28.0. The average molecular weight is 558 g/mol. The highest BCUT2D eigenvalue weighted by molar-refractivity contribution is 6.30. The maximum atomic E-state index is 13.9. The summed E-state index contributed by atoms with van der Waals surface area (Å²) in [5, 5.41) is 12.2. The van der Waals surface area contributed by atoms with E-state index < -0.39 is 11.3 Å². The van der Waals surface area contributed by atoms with Crippen LogP contribution in [0, 0.1) is 0 Å². The number of likely N-dealkylation sites (N-methyl/N-ethyl adjacent to an activating group) is 1. The van der Waals surface area contributed by atoms with Crippen molar-refractivity contribution in [3.8, 4) is 0 Å². The molecule has 0 saturated heterocycles. The van der Waals surface area contributed by atoms with Crippen LogP contribution in [0.5, 0.6) is 0 Å². The molecule has 2 heterocycles. The number of pyridine rings is 1. The number of ether oxygens (including phenoxy) is 2. The standard InChI is InChI=1S/C28H29Cl2N3O5/c1-27(36,17-38-16-25(34)32(2)3)19-7-12-24-23(13-19)26(35)33(15-22-11-10-21(30)14-31-22)28(24,37-4)18-5-8-20(29)9-6-18/h5-14,36H,15-17H2,1-4H3/t27?,28-/m1/s1. The molecule has 0 spiro atoms. The van der Waals surface area contributed by atoms with Gasteiger partial charge in [0, 0.05) is 49.1 Å². The van der Waals surface area contributed by atoms with Crippen LogP contribution < -0.4 is 0 Å². The minimum Gasteiger partial charge on any atom is -0.383 e. The zero-order chi connectivity index (χ0) is 27.7. The molecule has 0 bridgehead atoms. The largest absolute Gasteiger partial charge is 0.383 e. The van der Waals surface area contributed by atoms with E-state index >= 15 is 0 Å². The summed E-state index contributed by atoms with van der Waals surface area (Å²) in [5.74, 6) is -0.515. The summed E-state index contributed by atoms with van der Waals surface area (Å²) in [6, 6.07) is 15.7. The van der Waals surface area contributed by atoms with Crippen LogP contribution in [0.4, 0.5) is 0 Å². The lowest BCUT2D eigenvalue weighted by Gasteiger charge is -2.38. The van der Waals surface area contributed by atoms with Crippen LogP contribution in [-0.4, -0.2) is 66.1 Å². The molecule has 1 N–H and O–H groups in total. The number of methoxy groups -OCH3 is 1. The predicted octanol–water partition coefficient (Wildman–Crippen LogP) is 4.20. The molecule has 1 aliphatic heterocycles. The lowest BCUT2D eigenvalue weighted by molar-refractivity contribution is -0.136. The van der Waals surface area contributed by atoms with E-state index in [1.807, 2.05) is 12.1 Å². The van der Waals surface area contributed by atoms with Gasteiger partial charge in [-0.15, -0.1) is 0 Å². The summed E-state index contributed by atoms with van der Waals surface area (Å²) < 4.78 is 11.6. The normalized spacial score (nSPS) is 18.3. The molecule has 0 aliphatic carbocycles. The van der Waals surface area contributed by atoms with E-state index in [9.17, 15) is 14.7 Å². The van der Waals surface area contributed by atoms with Crippen LogP contribution in [-0.2, 0) is 32.1 Å². The van der Waals surface area contributed by atoms with Gasteiger partial charge in [-0.05, 0) is 42.8 Å². The lowest BCUT2D eigenvalue weighted by atomic mass is 9.89. The fourth-order valence-electron chi connectivity index (χ4n) is 4.51. The summed E-state index contributed by atoms with van der Waals surface area (Å²) in [4.78, 5) is 33.2. The number of halogens is 2. The van der Waals surface area contributed by atoms with E-state index in [4.69, 9.17) is 32.7 Å². The smallest absolute Gasteiger partial charge is 0.257 e. The third-order valence-corrected chi connectivity index (χ3v) is 7.08. The highest BCUT2D eigenvalue weighted by Gasteiger charge is 2.52. The van der Waals surface area contributed by atoms with Crippen LogP contribution in [0.2, 0.25) is 10.0 Å². The van der Waals surface area contributed by atoms with E-state index in [0.717, 1.165) is 0 Å². The van der Waals surface area contributed by atoms with Gasteiger partial charge < -0.3 is 19.5 Å². The molecule has 2 atom stereocenters. The van der Waals surface area contributed by atoms with Gasteiger partial charge in [-0.25, -0.2) is 0 Å². The first-order valence-electron chi connectivity index (χ1n) is 11.9. The minimum atomic E-state index is -1.46. The maximum absolute atomic E-state index is 13.9. The summed E-state index contributed by atoms with van der Waals surface area (Å²) in [7, 11) is 4.80. The molecular weight excluding hydrogens is 529 g/mol. The Morgan fingerprint density at radius 1 is 1.11 bits per heavy atom. The fraction of sp³-hybridized carbons (Fsp3) is 0.321. The van der Waals surface area contributed by atoms with Crippen LogP contribution in [0.1, 0.15) is 39.7 Å². The number of aromatic nitrogens is 1. The number of fused-ring (bicyclic) bond motifs is 1. The minimum absolute atomic E-state index is 0.134. The molecule has 1 aliphatic rings. The molecule has 38 heavy (non-hydrogen) atoms. The molecular formula is C28H29Cl2N3O5. The Kier molecular flexibility index (Phi) is 8.11. The molecule has 1 aromatic heterocycles. The number of amides is 2. The van der Waals surface area contributed by atoms with E-state index in [1.165, 1.54) is 11.1 Å². The van der Waals surface area contributed by atoms with Gasteiger partial charge in [0.05, 0.1) is 23.9 Å². The summed E-state index contributed by atoms with van der Waals surface area (Å²) in [6.07, 6.45) is 1.53. The van der Waals surface area contributed by atoms with E-state index in [-0.39, 0.29) is 31.6 Å². The Morgan fingerprint density at radius 3 is 2.39 bits per heavy atom. The van der Waals surface area contributed by atoms with Crippen molar-refractivity contribution in [3.05, 3.63) is 98.8 Å². The van der Waals surface area contributed by atoms with E-state index in [0.29, 0.717) is 38.0 Å². The number of hydrogen-bond acceptors (Lipinski definition) is 6. The van der Waals surface area contributed by atoms with Crippen molar-refractivity contribution in [2.24, 2.45) is 0 Å². The second-order valence-corrected chi connectivity index (χ2v) is 10.4. The monoisotopic (exact) mass is 557 g/mol. The Morgan fingerprint density at radius 2 is 1.79 bits per heavy atom. The van der Waals surface area contributed by atoms with Crippen molar-refractivity contribution in [1.29, 1.82) is 0 Å². The van der Waals surface area contributed by atoms with Gasteiger partial charge >= 0.3 is 0 Å². The highest BCUT2D eigenvalue weighted by atomic mass is 35.5. The van der Waals surface area contributed by atoms with Crippen molar-refractivity contribution < 1.29 is 24.2 Å². The predicted molar refractivity (Wildman–Crippen MR) is 144 cm³/mol. The SMILES string of the molecule is CO[C@]1(c2ccc(Cl)cc2)c2ccc(C(C)(O)COCC(=O)N(C)C)cc2C(=O)N1Cc1ccc(Cl)cn1. The summed E-state index contributed by atoms with van der Waals surface area (Å²) in [5.41, 5.74) is 0.0602. The van der Waals surface area contributed by atoms with Crippen LogP contribution in [0.3, 0.4) is 0 Å². The van der Waals surface area contributed by atoms with Gasteiger partial charge in [0.1, 0.15) is 12.2 Å². The van der Waals surface area contributed by atoms with Gasteiger partial charge in [0.2, 0.25) is 5.91 Å². The van der Waals surface area contributed by atoms with Crippen LogP contribution in [0.25, 0.3) is 0 Å². The van der Waals surface area contributed by atoms with Gasteiger partial charge in [-0.1, -0.05) is 47.5 Å². The summed E-state index contributed by atoms with van der Waals surface area (Å²) >= 11 is 12.2. The zero-order valence-electron chi connectivity index (χ0n) is 21.6. The molecule has 200 valence electrons. The molecule has 8 nitrogen and oxygen atoms in total. The second-order valence-electron chi connectivity index (χ2n) is 9.53. The molecule has 0 saturated carbocycles. The zero-order valence-corrected chi connectivity index (χ0v) is 23.1. The van der Waals surface area contributed by atoms with Crippen molar-refractivity contribution in [3.63, 3.8) is 0 Å². The van der Waals surface area contributed by atoms with Crippen LogP contribution in [0.15, 0.2) is 60.8 Å². The number of carbonyl (C=O) groups is 2. The van der Waals surface area contributed by atoms with Gasteiger partial charge in [0.15, 0.2) is 5.72 Å². The number of nitrogens with zero attached hydrogens (tertiary/aromatic N) is 3. The lowest BCUT2D eigenvalue weighted by Crippen LogP contribution is -2.45. The number of benzene rings is 2. The Balaban J connectivity index is 1.75. The van der Waals surface area contributed by atoms with Crippen molar-refractivity contribution >= 4 is 35.0 Å². The molecule has 2 aromatic carbocycles. The third kappa shape index (κ3) is 5.28. The van der Waals surface area contributed by atoms with Gasteiger partial charge in [-0.2, -0.15) is 0 Å². The van der Waals surface area contributed by atoms with Crippen LogP contribution >= 0.6 is 23.2 Å². The summed E-state index contributed by atoms with van der Waals surface area (Å²) in [6.45, 7) is 1.41. The Hall–Kier alpha value is -3.01. The number of rotatable bonds is 9. The molecule has 0 fully saturated rings. The van der Waals surface area contributed by atoms with Gasteiger partial charge in [-0.3, -0.25) is 19.5 Å². The Labute approximate surface area is 231 Å². The molecule has 2 amide bonds. The third-order valence-electron chi connectivity index (χ3n) is 6.61. The molecule has 10 heteroatoms. The molecule has 4 rings (SSSR count). The van der Waals surface area contributed by atoms with Crippen molar-refractivity contribution in [2.75, 3.05) is 34.4 Å². The molecule has 0 radical (unpaired) electrons. The van der Waals surface area contributed by atoms with Crippen molar-refractivity contribution in [1.82, 2.24) is 14.8 Å². The number of carbonyl (C=O) groups excluding carboxylic acids is 2. The Bertz CT molecular complexity index is 1330. The quantitative estimate of drug-likeness (QED) is 0.423. The average Bonchev–Trinajstić information content (AvgIpc) is 3.13. The second kappa shape index (κ2) is 11.0. The highest BCUT2D eigenvalue weighted by Crippen LogP contribution is 2.46. The fourth-order valence-corrected chi connectivity index (χ4v) is 4.74. The van der Waals surface area contributed by atoms with Gasteiger partial charge in [0.25, 0.3) is 5.91 Å². The molecule has 3 aromatic rings. The van der Waals surface area contributed by atoms with E-state index in [1.54, 1.807) is 75.5 Å². The maximum Gasteiger partial charge on any atom is 0.257 e. The van der Waals surface area contributed by atoms with E-state index in [2.05, 4.69) is 4.98 Å². The number of aliphatic hydroxyl groups is 1.